The summed E-state index contributed by atoms with van der Waals surface area (Å²) in [5.74, 6) is -0.239. The lowest BCUT2D eigenvalue weighted by molar-refractivity contribution is -0.117. The quantitative estimate of drug-likeness (QED) is 0.560. The third kappa shape index (κ3) is 5.17. The normalized spacial score (nSPS) is 10.7. The smallest absolute Gasteiger partial charge is 0.263 e. The van der Waals surface area contributed by atoms with Crippen LogP contribution < -0.4 is 10.6 Å². The van der Waals surface area contributed by atoms with Gasteiger partial charge in [0, 0.05) is 18.9 Å². The molecule has 6 heteroatoms. The van der Waals surface area contributed by atoms with Gasteiger partial charge in [0.2, 0.25) is 0 Å². The topological polar surface area (TPSA) is 98.0 Å². The fourth-order valence-corrected chi connectivity index (χ4v) is 1.83. The van der Waals surface area contributed by atoms with Crippen LogP contribution in [0.1, 0.15) is 5.56 Å². The van der Waals surface area contributed by atoms with Crippen molar-refractivity contribution >= 4 is 11.6 Å². The third-order valence-electron chi connectivity index (χ3n) is 3.05. The van der Waals surface area contributed by atoms with Gasteiger partial charge in [0.15, 0.2) is 0 Å². The summed E-state index contributed by atoms with van der Waals surface area (Å²) in [5.41, 5.74) is 1.66. The van der Waals surface area contributed by atoms with E-state index in [4.69, 9.17) is 5.26 Å². The van der Waals surface area contributed by atoms with Crippen molar-refractivity contribution in [3.05, 3.63) is 66.1 Å². The van der Waals surface area contributed by atoms with E-state index in [-0.39, 0.29) is 11.3 Å². The average molecular weight is 308 g/mol. The summed E-state index contributed by atoms with van der Waals surface area (Å²) < 4.78 is 0. The molecule has 0 saturated heterocycles. The highest BCUT2D eigenvalue weighted by atomic mass is 16.3. The van der Waals surface area contributed by atoms with Crippen LogP contribution in [0.5, 0.6) is 5.75 Å². The molecule has 0 unspecified atom stereocenters. The number of rotatable bonds is 6. The number of nitriles is 1. The van der Waals surface area contributed by atoms with Crippen molar-refractivity contribution in [3.8, 4) is 11.8 Å². The highest BCUT2D eigenvalue weighted by molar-refractivity contribution is 5.97. The van der Waals surface area contributed by atoms with Crippen LogP contribution in [0.4, 0.5) is 5.69 Å². The van der Waals surface area contributed by atoms with E-state index in [1.54, 1.807) is 48.8 Å². The first-order chi connectivity index (χ1) is 11.2. The SMILES string of the molecule is N#C/C(=C/Nc1cccnc1)C(=O)NCCc1ccc(O)cc1. The Hall–Kier alpha value is -3.33. The van der Waals surface area contributed by atoms with Crippen molar-refractivity contribution in [1.29, 1.82) is 5.26 Å². The molecule has 0 saturated carbocycles. The Kier molecular flexibility index (Phi) is 5.72. The lowest BCUT2D eigenvalue weighted by atomic mass is 10.1. The molecule has 1 amide bonds. The first kappa shape index (κ1) is 16.0. The lowest BCUT2D eigenvalue weighted by Gasteiger charge is -2.05. The fourth-order valence-electron chi connectivity index (χ4n) is 1.83. The van der Waals surface area contributed by atoms with Crippen LogP contribution in [0.25, 0.3) is 0 Å². The summed E-state index contributed by atoms with van der Waals surface area (Å²) in [5, 5.41) is 23.8. The zero-order valence-electron chi connectivity index (χ0n) is 12.4. The Morgan fingerprint density at radius 2 is 2.09 bits per heavy atom. The van der Waals surface area contributed by atoms with Crippen LogP contribution in [0, 0.1) is 11.3 Å². The van der Waals surface area contributed by atoms with E-state index >= 15 is 0 Å². The number of nitrogens with zero attached hydrogens (tertiary/aromatic N) is 2. The molecule has 1 aromatic carbocycles. The maximum Gasteiger partial charge on any atom is 0.263 e. The number of carbonyl (C=O) groups excluding carboxylic acids is 1. The largest absolute Gasteiger partial charge is 0.508 e. The molecule has 0 atom stereocenters. The Labute approximate surface area is 134 Å². The molecule has 0 aliphatic heterocycles. The van der Waals surface area contributed by atoms with Crippen molar-refractivity contribution in [2.75, 3.05) is 11.9 Å². The monoisotopic (exact) mass is 308 g/mol. The highest BCUT2D eigenvalue weighted by Gasteiger charge is 2.08. The molecule has 2 rings (SSSR count). The number of hydrogen-bond donors (Lipinski definition) is 3. The minimum atomic E-state index is -0.442. The zero-order valence-corrected chi connectivity index (χ0v) is 12.4. The second-order valence-electron chi connectivity index (χ2n) is 4.73. The van der Waals surface area contributed by atoms with Gasteiger partial charge in [-0.15, -0.1) is 0 Å². The zero-order chi connectivity index (χ0) is 16.5. The van der Waals surface area contributed by atoms with E-state index in [1.165, 1.54) is 6.20 Å². The molecular weight excluding hydrogens is 292 g/mol. The van der Waals surface area contributed by atoms with Gasteiger partial charge in [0.05, 0.1) is 11.9 Å². The van der Waals surface area contributed by atoms with Crippen LogP contribution in [0.3, 0.4) is 0 Å². The van der Waals surface area contributed by atoms with E-state index < -0.39 is 5.91 Å². The predicted molar refractivity (Wildman–Crippen MR) is 86.4 cm³/mol. The Bertz CT molecular complexity index is 719. The maximum atomic E-state index is 11.9. The summed E-state index contributed by atoms with van der Waals surface area (Å²) in [4.78, 5) is 15.9. The minimum absolute atomic E-state index is 0.0143. The number of carbonyl (C=O) groups is 1. The minimum Gasteiger partial charge on any atom is -0.508 e. The van der Waals surface area contributed by atoms with Crippen LogP contribution in [0.15, 0.2) is 60.6 Å². The standard InChI is InChI=1S/C17H16N4O2/c18-10-14(11-21-15-2-1-8-19-12-15)17(23)20-9-7-13-3-5-16(22)6-4-13/h1-6,8,11-12,21-22H,7,9H2,(H,20,23)/b14-11-. The van der Waals surface area contributed by atoms with E-state index in [1.807, 2.05) is 6.07 Å². The Morgan fingerprint density at radius 1 is 1.30 bits per heavy atom. The molecule has 0 fully saturated rings. The number of aromatic hydroxyl groups is 1. The van der Waals surface area contributed by atoms with Gasteiger partial charge in [-0.3, -0.25) is 9.78 Å². The number of pyridine rings is 1. The number of hydrogen-bond acceptors (Lipinski definition) is 5. The molecule has 1 heterocycles. The second-order valence-corrected chi connectivity index (χ2v) is 4.73. The summed E-state index contributed by atoms with van der Waals surface area (Å²) in [6.45, 7) is 0.398. The van der Waals surface area contributed by atoms with Crippen LogP contribution in [0.2, 0.25) is 0 Å². The molecule has 3 N–H and O–H groups in total. The van der Waals surface area contributed by atoms with Gasteiger partial charge in [-0.2, -0.15) is 5.26 Å². The van der Waals surface area contributed by atoms with E-state index in [0.717, 1.165) is 5.56 Å². The fraction of sp³-hybridized carbons (Fsp3) is 0.118. The summed E-state index contributed by atoms with van der Waals surface area (Å²) >= 11 is 0. The molecule has 2 aromatic rings. The molecule has 1 aromatic heterocycles. The number of anilines is 1. The number of nitrogens with one attached hydrogen (secondary N) is 2. The first-order valence-electron chi connectivity index (χ1n) is 7.02. The highest BCUT2D eigenvalue weighted by Crippen LogP contribution is 2.09. The number of phenols is 1. The van der Waals surface area contributed by atoms with Crippen LogP contribution in [-0.4, -0.2) is 22.5 Å². The average Bonchev–Trinajstić information content (AvgIpc) is 2.58. The summed E-state index contributed by atoms with van der Waals surface area (Å²) in [7, 11) is 0. The second kappa shape index (κ2) is 8.20. The molecule has 0 aliphatic rings. The Balaban J connectivity index is 1.85. The van der Waals surface area contributed by atoms with Crippen molar-refractivity contribution in [1.82, 2.24) is 10.3 Å². The van der Waals surface area contributed by atoms with Gasteiger partial charge >= 0.3 is 0 Å². The molecule has 0 bridgehead atoms. The number of phenolic OH excluding ortho intramolecular Hbond substituents is 1. The number of amides is 1. The van der Waals surface area contributed by atoms with E-state index in [9.17, 15) is 9.90 Å². The number of aromatic nitrogens is 1. The van der Waals surface area contributed by atoms with Gasteiger partial charge < -0.3 is 15.7 Å². The molecule has 0 spiro atoms. The van der Waals surface area contributed by atoms with Crippen molar-refractivity contribution in [2.24, 2.45) is 0 Å². The molecule has 0 aliphatic carbocycles. The predicted octanol–water partition coefficient (Wildman–Crippen LogP) is 1.97. The Morgan fingerprint density at radius 3 is 2.74 bits per heavy atom. The molecule has 0 radical (unpaired) electrons. The van der Waals surface area contributed by atoms with Gasteiger partial charge in [-0.25, -0.2) is 0 Å². The molecule has 6 nitrogen and oxygen atoms in total. The van der Waals surface area contributed by atoms with Gasteiger partial charge in [-0.05, 0) is 36.2 Å². The number of benzene rings is 1. The summed E-state index contributed by atoms with van der Waals surface area (Å²) in [6.07, 6.45) is 5.19. The first-order valence-corrected chi connectivity index (χ1v) is 7.02. The van der Waals surface area contributed by atoms with Crippen molar-refractivity contribution < 1.29 is 9.90 Å². The third-order valence-corrected chi connectivity index (χ3v) is 3.05. The summed E-state index contributed by atoms with van der Waals surface area (Å²) in [6, 6.07) is 12.1. The van der Waals surface area contributed by atoms with E-state index in [0.29, 0.717) is 18.7 Å². The van der Waals surface area contributed by atoms with E-state index in [2.05, 4.69) is 15.6 Å². The van der Waals surface area contributed by atoms with Crippen LogP contribution >= 0.6 is 0 Å². The molecule has 23 heavy (non-hydrogen) atoms. The lowest BCUT2D eigenvalue weighted by Crippen LogP contribution is -2.27. The van der Waals surface area contributed by atoms with Crippen molar-refractivity contribution in [3.63, 3.8) is 0 Å². The maximum absolute atomic E-state index is 11.9. The van der Waals surface area contributed by atoms with Crippen molar-refractivity contribution in [2.45, 2.75) is 6.42 Å². The molecule has 116 valence electrons. The van der Waals surface area contributed by atoms with Gasteiger partial charge in [-0.1, -0.05) is 12.1 Å². The molecular formula is C17H16N4O2. The van der Waals surface area contributed by atoms with Gasteiger partial charge in [0.1, 0.15) is 17.4 Å². The van der Waals surface area contributed by atoms with Gasteiger partial charge in [0.25, 0.3) is 5.91 Å². The van der Waals surface area contributed by atoms with Crippen LogP contribution in [-0.2, 0) is 11.2 Å².